The van der Waals surface area contributed by atoms with Gasteiger partial charge in [0.25, 0.3) is 0 Å². The van der Waals surface area contributed by atoms with Crippen LogP contribution in [-0.2, 0) is 0 Å². The van der Waals surface area contributed by atoms with Crippen molar-refractivity contribution in [1.82, 2.24) is 0 Å². The number of unbranched alkanes of at least 4 members (excludes halogenated alkanes) is 1. The van der Waals surface area contributed by atoms with Gasteiger partial charge in [0.1, 0.15) is 0 Å². The summed E-state index contributed by atoms with van der Waals surface area (Å²) in [6, 6.07) is 0. The molecule has 0 aromatic carbocycles. The van der Waals surface area contributed by atoms with Crippen LogP contribution in [0.1, 0.15) is 6.42 Å². The molecule has 0 aromatic heterocycles. The van der Waals surface area contributed by atoms with Gasteiger partial charge >= 0.3 is 0 Å². The molecule has 0 aliphatic heterocycles. The van der Waals surface area contributed by atoms with Crippen molar-refractivity contribution in [3.05, 3.63) is 19.8 Å². The second-order valence-corrected chi connectivity index (χ2v) is 0.637. The van der Waals surface area contributed by atoms with E-state index in [0.717, 1.165) is 0 Å². The van der Waals surface area contributed by atoms with Crippen molar-refractivity contribution in [2.24, 2.45) is 0 Å². The van der Waals surface area contributed by atoms with Crippen LogP contribution >= 0.6 is 0 Å². The zero-order valence-electron chi connectivity index (χ0n) is 2.99. The highest BCUT2D eigenvalue weighted by Gasteiger charge is 1.63. The van der Waals surface area contributed by atoms with Crippen molar-refractivity contribution in [1.29, 1.82) is 0 Å². The van der Waals surface area contributed by atoms with Gasteiger partial charge in [-0.15, -0.1) is 0 Å². The Kier molecular flexibility index (Phi) is 3.25. The third-order valence-electron chi connectivity index (χ3n) is 0.246. The Morgan fingerprint density at radius 3 is 2.60 bits per heavy atom. The summed E-state index contributed by atoms with van der Waals surface area (Å²) in [7, 11) is 0. The van der Waals surface area contributed by atoms with E-state index in [2.05, 4.69) is 12.8 Å². The van der Waals surface area contributed by atoms with Gasteiger partial charge in [-0.1, -0.05) is 12.8 Å². The van der Waals surface area contributed by atoms with Gasteiger partial charge < -0.3 is 0 Å². The molecular formula is C5H5. The topological polar surface area (TPSA) is 0 Å². The summed E-state index contributed by atoms with van der Waals surface area (Å²) in [5.41, 5.74) is 0. The zero-order valence-corrected chi connectivity index (χ0v) is 2.99. The summed E-state index contributed by atoms with van der Waals surface area (Å²) >= 11 is 0. The number of hydrogen-bond donors (Lipinski definition) is 0. The Morgan fingerprint density at radius 1 is 2.00 bits per heavy atom. The van der Waals surface area contributed by atoms with Crippen LogP contribution in [0.5, 0.6) is 0 Å². The van der Waals surface area contributed by atoms with Gasteiger partial charge in [-0.05, 0) is 12.8 Å². The minimum absolute atomic E-state index is 0.670. The molecule has 0 nitrogen and oxygen atoms in total. The highest BCUT2D eigenvalue weighted by atomic mass is 13.7. The Bertz CT molecular complexity index is 38.5. The summed E-state index contributed by atoms with van der Waals surface area (Å²) in [6.45, 7) is 3.44. The highest BCUT2D eigenvalue weighted by molar-refractivity contribution is 4.95. The Hall–Kier alpha value is -0.440. The van der Waals surface area contributed by atoms with Gasteiger partial charge in [0.2, 0.25) is 0 Å². The van der Waals surface area contributed by atoms with E-state index >= 15 is 0 Å². The summed E-state index contributed by atoms with van der Waals surface area (Å²) in [4.78, 5) is 0. The SMILES string of the molecule is [C]#C[CH]C[CH2]. The molecule has 0 fully saturated rings. The van der Waals surface area contributed by atoms with E-state index in [4.69, 9.17) is 6.42 Å². The zero-order chi connectivity index (χ0) is 4.12. The van der Waals surface area contributed by atoms with E-state index in [1.165, 1.54) is 0 Å². The highest BCUT2D eigenvalue weighted by Crippen LogP contribution is 1.74. The number of hydrogen-bond acceptors (Lipinski definition) is 0. The molecule has 0 aliphatic carbocycles. The molecule has 0 heteroatoms. The Balaban J connectivity index is 2.48. The predicted octanol–water partition coefficient (Wildman–Crippen LogP) is 1.00. The lowest BCUT2D eigenvalue weighted by Crippen LogP contribution is -1.56. The molecule has 0 N–H and O–H groups in total. The van der Waals surface area contributed by atoms with Crippen molar-refractivity contribution >= 4 is 0 Å². The molecule has 0 aromatic rings. The molecule has 0 saturated carbocycles. The van der Waals surface area contributed by atoms with Gasteiger partial charge in [-0.25, -0.2) is 0 Å². The molecule has 0 spiro atoms. The van der Waals surface area contributed by atoms with Gasteiger partial charge in [-0.2, -0.15) is 0 Å². The maximum absolute atomic E-state index is 6.26. The van der Waals surface area contributed by atoms with Crippen molar-refractivity contribution in [3.63, 3.8) is 0 Å². The van der Waals surface area contributed by atoms with Crippen molar-refractivity contribution in [2.75, 3.05) is 0 Å². The lowest BCUT2D eigenvalue weighted by atomic mass is 10.4. The monoisotopic (exact) mass is 65.0 g/mol. The standard InChI is InChI=1S/C5H5/c1-3-5-4-2/h5H,1,3H2. The van der Waals surface area contributed by atoms with Crippen molar-refractivity contribution < 1.29 is 0 Å². The quantitative estimate of drug-likeness (QED) is 0.400. The number of rotatable bonds is 1. The largest absolute Gasteiger partial charge is 0.0844 e. The lowest BCUT2D eigenvalue weighted by Gasteiger charge is -1.67. The molecule has 0 rings (SSSR count). The van der Waals surface area contributed by atoms with Crippen molar-refractivity contribution in [3.8, 4) is 5.92 Å². The molecule has 25 valence electrons. The summed E-state index contributed by atoms with van der Waals surface area (Å²) in [5.74, 6) is 2.08. The fourth-order valence-electron chi connectivity index (χ4n) is 0.0722. The Morgan fingerprint density at radius 2 is 2.60 bits per heavy atom. The van der Waals surface area contributed by atoms with E-state index in [1.54, 1.807) is 6.42 Å². The van der Waals surface area contributed by atoms with Crippen LogP contribution in [-0.4, -0.2) is 0 Å². The van der Waals surface area contributed by atoms with Crippen LogP contribution in [0, 0.1) is 25.7 Å². The summed E-state index contributed by atoms with van der Waals surface area (Å²) in [5, 5.41) is 0. The molecule has 0 unspecified atom stereocenters. The average Bonchev–Trinajstić information content (AvgIpc) is 1.41. The van der Waals surface area contributed by atoms with E-state index in [0.29, 0.717) is 6.42 Å². The molecule has 0 bridgehead atoms. The maximum atomic E-state index is 6.26. The van der Waals surface area contributed by atoms with Gasteiger partial charge in [0.15, 0.2) is 0 Å². The van der Waals surface area contributed by atoms with Crippen LogP contribution in [0.3, 0.4) is 0 Å². The summed E-state index contributed by atoms with van der Waals surface area (Å²) < 4.78 is 0. The third kappa shape index (κ3) is 3.56. The van der Waals surface area contributed by atoms with E-state index in [-0.39, 0.29) is 0 Å². The van der Waals surface area contributed by atoms with Gasteiger partial charge in [0.05, 0.1) is 0 Å². The first-order chi connectivity index (χ1) is 2.41. The first-order valence-electron chi connectivity index (χ1n) is 1.45. The van der Waals surface area contributed by atoms with Gasteiger partial charge in [0, 0.05) is 6.42 Å². The van der Waals surface area contributed by atoms with Gasteiger partial charge in [-0.3, -0.25) is 0 Å². The first-order valence-corrected chi connectivity index (χ1v) is 1.45. The molecule has 0 amide bonds. The van der Waals surface area contributed by atoms with Crippen LogP contribution in [0.2, 0.25) is 0 Å². The smallest absolute Gasteiger partial charge is 0.0351 e. The molecule has 5 heavy (non-hydrogen) atoms. The van der Waals surface area contributed by atoms with E-state index < -0.39 is 0 Å². The van der Waals surface area contributed by atoms with Crippen LogP contribution in [0.25, 0.3) is 0 Å². The second kappa shape index (κ2) is 3.56. The Labute approximate surface area is 33.2 Å². The molecule has 0 aliphatic rings. The third-order valence-corrected chi connectivity index (χ3v) is 0.246. The second-order valence-electron chi connectivity index (χ2n) is 0.637. The summed E-state index contributed by atoms with van der Waals surface area (Å²) in [6.07, 6.45) is 8.48. The average molecular weight is 65.1 g/mol. The van der Waals surface area contributed by atoms with E-state index in [9.17, 15) is 0 Å². The fourth-order valence-corrected chi connectivity index (χ4v) is 0.0722. The maximum Gasteiger partial charge on any atom is 0.0351 e. The van der Waals surface area contributed by atoms with Crippen LogP contribution in [0.15, 0.2) is 0 Å². The molecule has 3 radical (unpaired) electrons. The minimum Gasteiger partial charge on any atom is -0.0844 e. The first kappa shape index (κ1) is 4.56. The van der Waals surface area contributed by atoms with E-state index in [1.807, 2.05) is 0 Å². The molecule has 0 atom stereocenters. The minimum atomic E-state index is 0.670. The lowest BCUT2D eigenvalue weighted by molar-refractivity contribution is 1.32. The molecule has 0 saturated heterocycles. The van der Waals surface area contributed by atoms with Crippen LogP contribution in [0.4, 0.5) is 0 Å². The van der Waals surface area contributed by atoms with Crippen molar-refractivity contribution in [2.45, 2.75) is 6.42 Å². The predicted molar refractivity (Wildman–Crippen MR) is 21.4 cm³/mol. The normalized spacial score (nSPS) is 6.40. The van der Waals surface area contributed by atoms with Crippen LogP contribution < -0.4 is 0 Å². The molecular weight excluding hydrogens is 60.1 g/mol. The fraction of sp³-hybridized carbons (Fsp3) is 0.200. The molecule has 0 heterocycles.